The van der Waals surface area contributed by atoms with E-state index in [1.54, 1.807) is 0 Å². The summed E-state index contributed by atoms with van der Waals surface area (Å²) in [7, 11) is 0. The number of nitrogens with one attached hydrogen (secondary N) is 2. The first-order chi connectivity index (χ1) is 11.2. The highest BCUT2D eigenvalue weighted by molar-refractivity contribution is 5.76. The molecule has 2 N–H and O–H groups in total. The number of nitrogens with zero attached hydrogens (tertiary/aromatic N) is 1. The molecule has 2 fully saturated rings. The van der Waals surface area contributed by atoms with Gasteiger partial charge in [0.05, 0.1) is 0 Å². The van der Waals surface area contributed by atoms with Crippen LogP contribution in [0.5, 0.6) is 0 Å². The van der Waals surface area contributed by atoms with Gasteiger partial charge in [0.15, 0.2) is 0 Å². The van der Waals surface area contributed by atoms with Crippen LogP contribution >= 0.6 is 0 Å². The standard InChI is InChI=1S/C18H33N3O2/c1-2-3-11-19-17(22)14-15-9-12-21(13-10-15)18(23)20-16-7-5-4-6-8-16/h15-16H,2-14H2,1H3,(H,19,22)(H,20,23). The molecule has 0 aromatic heterocycles. The fourth-order valence-corrected chi connectivity index (χ4v) is 3.59. The Morgan fingerprint density at radius 2 is 1.74 bits per heavy atom. The maximum atomic E-state index is 12.3. The Kier molecular flexibility index (Phi) is 7.69. The van der Waals surface area contributed by atoms with Gasteiger partial charge in [-0.15, -0.1) is 0 Å². The van der Waals surface area contributed by atoms with E-state index in [4.69, 9.17) is 0 Å². The molecule has 1 saturated carbocycles. The molecule has 2 aliphatic rings. The van der Waals surface area contributed by atoms with E-state index in [1.165, 1.54) is 19.3 Å². The number of hydrogen-bond acceptors (Lipinski definition) is 2. The summed E-state index contributed by atoms with van der Waals surface area (Å²) in [4.78, 5) is 26.1. The SMILES string of the molecule is CCCCNC(=O)CC1CCN(C(=O)NC2CCCCC2)CC1. The lowest BCUT2D eigenvalue weighted by molar-refractivity contribution is -0.122. The second-order valence-electron chi connectivity index (χ2n) is 7.12. The fourth-order valence-electron chi connectivity index (χ4n) is 3.59. The van der Waals surface area contributed by atoms with E-state index in [9.17, 15) is 9.59 Å². The van der Waals surface area contributed by atoms with E-state index >= 15 is 0 Å². The molecule has 0 spiro atoms. The molecule has 1 heterocycles. The van der Waals surface area contributed by atoms with Crippen LogP contribution in [-0.2, 0) is 4.79 Å². The van der Waals surface area contributed by atoms with Crippen molar-refractivity contribution < 1.29 is 9.59 Å². The molecule has 23 heavy (non-hydrogen) atoms. The van der Waals surface area contributed by atoms with E-state index in [2.05, 4.69) is 17.6 Å². The number of likely N-dealkylation sites (tertiary alicyclic amines) is 1. The second kappa shape index (κ2) is 9.78. The van der Waals surface area contributed by atoms with Crippen molar-refractivity contribution in [2.24, 2.45) is 5.92 Å². The van der Waals surface area contributed by atoms with Crippen molar-refractivity contribution in [2.75, 3.05) is 19.6 Å². The Hall–Kier alpha value is -1.26. The third-order valence-electron chi connectivity index (χ3n) is 5.16. The molecule has 1 aliphatic heterocycles. The maximum Gasteiger partial charge on any atom is 0.317 e. The Morgan fingerprint density at radius 1 is 1.04 bits per heavy atom. The zero-order valence-corrected chi connectivity index (χ0v) is 14.6. The summed E-state index contributed by atoms with van der Waals surface area (Å²) in [6.07, 6.45) is 10.7. The van der Waals surface area contributed by atoms with E-state index in [1.807, 2.05) is 4.90 Å². The molecule has 1 saturated heterocycles. The van der Waals surface area contributed by atoms with Crippen LogP contribution in [0.25, 0.3) is 0 Å². The molecule has 132 valence electrons. The van der Waals surface area contributed by atoms with Crippen molar-refractivity contribution in [1.82, 2.24) is 15.5 Å². The van der Waals surface area contributed by atoms with Gasteiger partial charge in [-0.2, -0.15) is 0 Å². The number of piperidine rings is 1. The largest absolute Gasteiger partial charge is 0.356 e. The van der Waals surface area contributed by atoms with Gasteiger partial charge in [-0.25, -0.2) is 4.79 Å². The number of carbonyl (C=O) groups excluding carboxylic acids is 2. The summed E-state index contributed by atoms with van der Waals surface area (Å²) >= 11 is 0. The summed E-state index contributed by atoms with van der Waals surface area (Å²) < 4.78 is 0. The molecule has 0 aromatic rings. The highest BCUT2D eigenvalue weighted by Gasteiger charge is 2.26. The predicted octanol–water partition coefficient (Wildman–Crippen LogP) is 3.05. The van der Waals surface area contributed by atoms with Crippen LogP contribution in [0.2, 0.25) is 0 Å². The van der Waals surface area contributed by atoms with Gasteiger partial charge in [0, 0.05) is 32.1 Å². The minimum atomic E-state index is 0.0998. The average Bonchev–Trinajstić information content (AvgIpc) is 2.56. The minimum absolute atomic E-state index is 0.0998. The van der Waals surface area contributed by atoms with Crippen molar-refractivity contribution in [2.45, 2.75) is 77.2 Å². The molecule has 0 unspecified atom stereocenters. The molecule has 0 bridgehead atoms. The minimum Gasteiger partial charge on any atom is -0.356 e. The Bertz CT molecular complexity index is 372. The molecule has 0 radical (unpaired) electrons. The van der Waals surface area contributed by atoms with E-state index in [0.29, 0.717) is 18.4 Å². The molecule has 5 heteroatoms. The van der Waals surface area contributed by atoms with Crippen LogP contribution in [0.4, 0.5) is 4.79 Å². The molecular weight excluding hydrogens is 290 g/mol. The quantitative estimate of drug-likeness (QED) is 0.738. The van der Waals surface area contributed by atoms with Crippen LogP contribution in [0.1, 0.15) is 71.1 Å². The van der Waals surface area contributed by atoms with Crippen molar-refractivity contribution in [1.29, 1.82) is 0 Å². The summed E-state index contributed by atoms with van der Waals surface area (Å²) in [6.45, 7) is 4.48. The Labute approximate surface area is 140 Å². The van der Waals surface area contributed by atoms with Gasteiger partial charge in [0.1, 0.15) is 0 Å². The zero-order chi connectivity index (χ0) is 16.5. The van der Waals surface area contributed by atoms with Crippen LogP contribution < -0.4 is 10.6 Å². The van der Waals surface area contributed by atoms with Gasteiger partial charge in [-0.3, -0.25) is 4.79 Å². The third kappa shape index (κ3) is 6.40. The van der Waals surface area contributed by atoms with Crippen LogP contribution in [-0.4, -0.2) is 42.5 Å². The number of rotatable bonds is 6. The molecule has 0 aromatic carbocycles. The molecule has 0 atom stereocenters. The lowest BCUT2D eigenvalue weighted by Gasteiger charge is -2.33. The van der Waals surface area contributed by atoms with E-state index in [-0.39, 0.29) is 11.9 Å². The highest BCUT2D eigenvalue weighted by Crippen LogP contribution is 2.22. The van der Waals surface area contributed by atoms with Gasteiger partial charge in [0.2, 0.25) is 5.91 Å². The number of urea groups is 1. The van der Waals surface area contributed by atoms with E-state index in [0.717, 1.165) is 58.2 Å². The maximum absolute atomic E-state index is 12.3. The number of unbranched alkanes of at least 4 members (excludes halogenated alkanes) is 1. The van der Waals surface area contributed by atoms with Crippen molar-refractivity contribution in [3.8, 4) is 0 Å². The van der Waals surface area contributed by atoms with Crippen LogP contribution in [0.3, 0.4) is 0 Å². The summed E-state index contributed by atoms with van der Waals surface area (Å²) in [5.41, 5.74) is 0. The normalized spacial score (nSPS) is 20.3. The molecule has 2 rings (SSSR count). The first-order valence-electron chi connectivity index (χ1n) is 9.51. The number of amides is 3. The summed E-state index contributed by atoms with van der Waals surface area (Å²) in [6, 6.07) is 0.473. The highest BCUT2D eigenvalue weighted by atomic mass is 16.2. The van der Waals surface area contributed by atoms with Crippen molar-refractivity contribution >= 4 is 11.9 Å². The van der Waals surface area contributed by atoms with Crippen LogP contribution in [0, 0.1) is 5.92 Å². The van der Waals surface area contributed by atoms with Gasteiger partial charge in [-0.05, 0) is 38.0 Å². The molecule has 5 nitrogen and oxygen atoms in total. The first-order valence-corrected chi connectivity index (χ1v) is 9.51. The topological polar surface area (TPSA) is 61.4 Å². The summed E-state index contributed by atoms with van der Waals surface area (Å²) in [5.74, 6) is 0.596. The predicted molar refractivity (Wildman–Crippen MR) is 92.2 cm³/mol. The monoisotopic (exact) mass is 323 g/mol. The number of carbonyl (C=O) groups is 2. The average molecular weight is 323 g/mol. The molecule has 3 amide bonds. The second-order valence-corrected chi connectivity index (χ2v) is 7.12. The molecule has 1 aliphatic carbocycles. The van der Waals surface area contributed by atoms with Gasteiger partial charge in [0.25, 0.3) is 0 Å². The third-order valence-corrected chi connectivity index (χ3v) is 5.16. The summed E-state index contributed by atoms with van der Waals surface area (Å²) in [5, 5.41) is 6.17. The zero-order valence-electron chi connectivity index (χ0n) is 14.6. The van der Waals surface area contributed by atoms with Gasteiger partial charge < -0.3 is 15.5 Å². The fraction of sp³-hybridized carbons (Fsp3) is 0.889. The Balaban J connectivity index is 1.62. The van der Waals surface area contributed by atoms with Crippen molar-refractivity contribution in [3.05, 3.63) is 0 Å². The van der Waals surface area contributed by atoms with E-state index < -0.39 is 0 Å². The first kappa shape index (κ1) is 18.1. The Morgan fingerprint density at radius 3 is 2.39 bits per heavy atom. The lowest BCUT2D eigenvalue weighted by Crippen LogP contribution is -2.48. The smallest absolute Gasteiger partial charge is 0.317 e. The van der Waals surface area contributed by atoms with Crippen molar-refractivity contribution in [3.63, 3.8) is 0 Å². The molecular formula is C18H33N3O2. The van der Waals surface area contributed by atoms with Gasteiger partial charge in [-0.1, -0.05) is 32.6 Å². The van der Waals surface area contributed by atoms with Gasteiger partial charge >= 0.3 is 6.03 Å². The lowest BCUT2D eigenvalue weighted by atomic mass is 9.93. The number of hydrogen-bond donors (Lipinski definition) is 2. The van der Waals surface area contributed by atoms with Crippen LogP contribution in [0.15, 0.2) is 0 Å².